The highest BCUT2D eigenvalue weighted by molar-refractivity contribution is 7.81. The van der Waals surface area contributed by atoms with Gasteiger partial charge < -0.3 is 9.92 Å². The summed E-state index contributed by atoms with van der Waals surface area (Å²) in [5.41, 5.74) is 7.47. The second-order valence-corrected chi connectivity index (χ2v) is 4.65. The zero-order valence-electron chi connectivity index (χ0n) is 9.28. The maximum atomic E-state index is 10.8. The van der Waals surface area contributed by atoms with Crippen molar-refractivity contribution in [3.8, 4) is 16.9 Å². The van der Waals surface area contributed by atoms with Crippen LogP contribution in [0.2, 0.25) is 0 Å². The van der Waals surface area contributed by atoms with E-state index in [1.165, 1.54) is 6.07 Å². The van der Waals surface area contributed by atoms with Crippen LogP contribution < -0.4 is 9.92 Å². The zero-order chi connectivity index (χ0) is 13.2. The van der Waals surface area contributed by atoms with E-state index in [4.69, 9.17) is 10.3 Å². The molecular formula is C12H11NO4S. The Labute approximate surface area is 105 Å². The predicted molar refractivity (Wildman–Crippen MR) is 68.5 cm³/mol. The minimum absolute atomic E-state index is 0.0600. The van der Waals surface area contributed by atoms with Crippen LogP contribution in [0.3, 0.4) is 0 Å². The summed E-state index contributed by atoms with van der Waals surface area (Å²) >= 11 is 0. The second kappa shape index (κ2) is 4.67. The van der Waals surface area contributed by atoms with E-state index in [2.05, 4.69) is 4.18 Å². The van der Waals surface area contributed by atoms with Crippen molar-refractivity contribution in [2.45, 2.75) is 0 Å². The van der Waals surface area contributed by atoms with Crippen molar-refractivity contribution in [3.05, 3.63) is 48.5 Å². The third-order valence-electron chi connectivity index (χ3n) is 2.30. The first-order valence-electron chi connectivity index (χ1n) is 5.07. The number of rotatable bonds is 3. The monoisotopic (exact) mass is 265 g/mol. The standard InChI is InChI=1S/C12H11NO4S/c13-10-7-5-9(6-8-10)11-3-1-2-4-12(11)17-18(14,15)16/h1-8H,13H2,(H,14,15,16). The average molecular weight is 265 g/mol. The van der Waals surface area contributed by atoms with E-state index in [0.717, 1.165) is 5.56 Å². The molecule has 2 aromatic rings. The SMILES string of the molecule is Nc1ccc(-c2ccccc2OS(=O)(=O)O)cc1. The molecule has 0 radical (unpaired) electrons. The van der Waals surface area contributed by atoms with Gasteiger partial charge in [0.2, 0.25) is 0 Å². The number of nitrogen functional groups attached to an aromatic ring is 1. The zero-order valence-corrected chi connectivity index (χ0v) is 10.1. The molecule has 6 heteroatoms. The predicted octanol–water partition coefficient (Wildman–Crippen LogP) is 2.12. The highest BCUT2D eigenvalue weighted by atomic mass is 32.3. The van der Waals surface area contributed by atoms with E-state index in [9.17, 15) is 8.42 Å². The number of nitrogens with two attached hydrogens (primary N) is 1. The van der Waals surface area contributed by atoms with E-state index in [1.54, 1.807) is 42.5 Å². The van der Waals surface area contributed by atoms with Crippen molar-refractivity contribution in [2.24, 2.45) is 0 Å². The molecule has 2 rings (SSSR count). The maximum absolute atomic E-state index is 10.8. The van der Waals surface area contributed by atoms with Crippen LogP contribution >= 0.6 is 0 Å². The highest BCUT2D eigenvalue weighted by Crippen LogP contribution is 2.30. The summed E-state index contributed by atoms with van der Waals surface area (Å²) < 4.78 is 34.7. The molecule has 0 aromatic heterocycles. The van der Waals surface area contributed by atoms with E-state index >= 15 is 0 Å². The molecular weight excluding hydrogens is 254 g/mol. The Morgan fingerprint density at radius 3 is 2.22 bits per heavy atom. The molecule has 0 saturated carbocycles. The fraction of sp³-hybridized carbons (Fsp3) is 0. The van der Waals surface area contributed by atoms with Crippen molar-refractivity contribution in [3.63, 3.8) is 0 Å². The molecule has 0 heterocycles. The Morgan fingerprint density at radius 2 is 1.61 bits per heavy atom. The van der Waals surface area contributed by atoms with Crippen LogP contribution in [-0.4, -0.2) is 13.0 Å². The molecule has 0 amide bonds. The quantitative estimate of drug-likeness (QED) is 0.655. The Kier molecular flexibility index (Phi) is 3.22. The lowest BCUT2D eigenvalue weighted by Crippen LogP contribution is -2.07. The molecule has 0 spiro atoms. The number of anilines is 1. The number of para-hydroxylation sites is 1. The van der Waals surface area contributed by atoms with Gasteiger partial charge in [0.25, 0.3) is 0 Å². The Bertz CT molecular complexity index is 650. The van der Waals surface area contributed by atoms with Crippen molar-refractivity contribution in [2.75, 3.05) is 5.73 Å². The molecule has 3 N–H and O–H groups in total. The van der Waals surface area contributed by atoms with Crippen LogP contribution in [0.5, 0.6) is 5.75 Å². The van der Waals surface area contributed by atoms with Gasteiger partial charge in [0.1, 0.15) is 0 Å². The lowest BCUT2D eigenvalue weighted by atomic mass is 10.0. The lowest BCUT2D eigenvalue weighted by molar-refractivity contribution is 0.387. The molecule has 0 aliphatic carbocycles. The van der Waals surface area contributed by atoms with Gasteiger partial charge in [0.05, 0.1) is 0 Å². The summed E-state index contributed by atoms with van der Waals surface area (Å²) in [6.45, 7) is 0. The van der Waals surface area contributed by atoms with Crippen LogP contribution in [0, 0.1) is 0 Å². The van der Waals surface area contributed by atoms with Gasteiger partial charge in [-0.2, -0.15) is 8.42 Å². The van der Waals surface area contributed by atoms with Crippen molar-refractivity contribution in [1.82, 2.24) is 0 Å². The molecule has 2 aromatic carbocycles. The molecule has 5 nitrogen and oxygen atoms in total. The van der Waals surface area contributed by atoms with Gasteiger partial charge in [0.15, 0.2) is 5.75 Å². The van der Waals surface area contributed by atoms with Crippen LogP contribution in [0.15, 0.2) is 48.5 Å². The highest BCUT2D eigenvalue weighted by Gasteiger charge is 2.12. The first-order chi connectivity index (χ1) is 8.46. The molecule has 0 aliphatic rings. The Morgan fingerprint density at radius 1 is 1.00 bits per heavy atom. The van der Waals surface area contributed by atoms with Gasteiger partial charge >= 0.3 is 10.4 Å². The van der Waals surface area contributed by atoms with E-state index in [-0.39, 0.29) is 5.75 Å². The lowest BCUT2D eigenvalue weighted by Gasteiger charge is -2.08. The number of hydrogen-bond acceptors (Lipinski definition) is 4. The average Bonchev–Trinajstić information content (AvgIpc) is 2.29. The maximum Gasteiger partial charge on any atom is 0.446 e. The van der Waals surface area contributed by atoms with Crippen LogP contribution in [-0.2, 0) is 10.4 Å². The van der Waals surface area contributed by atoms with Gasteiger partial charge in [-0.05, 0) is 23.8 Å². The summed E-state index contributed by atoms with van der Waals surface area (Å²) in [6.07, 6.45) is 0. The van der Waals surface area contributed by atoms with Crippen molar-refractivity contribution < 1.29 is 17.2 Å². The molecule has 18 heavy (non-hydrogen) atoms. The number of benzene rings is 2. The molecule has 0 atom stereocenters. The molecule has 0 bridgehead atoms. The van der Waals surface area contributed by atoms with Crippen LogP contribution in [0.25, 0.3) is 11.1 Å². The molecule has 0 fully saturated rings. The second-order valence-electron chi connectivity index (χ2n) is 3.63. The minimum atomic E-state index is -4.54. The van der Waals surface area contributed by atoms with Gasteiger partial charge in [-0.1, -0.05) is 30.3 Å². The molecule has 94 valence electrons. The fourth-order valence-corrected chi connectivity index (χ4v) is 1.93. The van der Waals surface area contributed by atoms with Gasteiger partial charge in [-0.25, -0.2) is 0 Å². The Balaban J connectivity index is 2.48. The third kappa shape index (κ3) is 2.99. The summed E-state index contributed by atoms with van der Waals surface area (Å²) in [4.78, 5) is 0. The smallest absolute Gasteiger partial charge is 0.399 e. The van der Waals surface area contributed by atoms with Gasteiger partial charge in [0, 0.05) is 11.3 Å². The molecule has 0 saturated heterocycles. The van der Waals surface area contributed by atoms with E-state index in [0.29, 0.717) is 11.3 Å². The summed E-state index contributed by atoms with van der Waals surface area (Å²) in [7, 11) is -4.54. The summed E-state index contributed by atoms with van der Waals surface area (Å²) in [5, 5.41) is 0. The van der Waals surface area contributed by atoms with Crippen molar-refractivity contribution in [1.29, 1.82) is 0 Å². The summed E-state index contributed by atoms with van der Waals surface area (Å²) in [5.74, 6) is 0.0600. The normalized spacial score (nSPS) is 11.2. The topological polar surface area (TPSA) is 89.6 Å². The van der Waals surface area contributed by atoms with E-state index < -0.39 is 10.4 Å². The van der Waals surface area contributed by atoms with Gasteiger partial charge in [-0.15, -0.1) is 0 Å². The van der Waals surface area contributed by atoms with Crippen LogP contribution in [0.1, 0.15) is 0 Å². The fourth-order valence-electron chi connectivity index (χ4n) is 1.55. The Hall–Kier alpha value is -2.05. The van der Waals surface area contributed by atoms with Crippen LogP contribution in [0.4, 0.5) is 5.69 Å². The molecule has 0 unspecified atom stereocenters. The largest absolute Gasteiger partial charge is 0.446 e. The first kappa shape index (κ1) is 12.4. The first-order valence-corrected chi connectivity index (χ1v) is 6.44. The van der Waals surface area contributed by atoms with E-state index in [1.807, 2.05) is 0 Å². The minimum Gasteiger partial charge on any atom is -0.399 e. The van der Waals surface area contributed by atoms with Crippen molar-refractivity contribution >= 4 is 16.1 Å². The molecule has 0 aliphatic heterocycles. The van der Waals surface area contributed by atoms with Gasteiger partial charge in [-0.3, -0.25) is 4.55 Å². The third-order valence-corrected chi connectivity index (χ3v) is 2.69. The number of hydrogen-bond donors (Lipinski definition) is 2. The summed E-state index contributed by atoms with van der Waals surface area (Å²) in [6, 6.07) is 13.4.